The summed E-state index contributed by atoms with van der Waals surface area (Å²) in [5.74, 6) is -1.49. The average Bonchev–Trinajstić information content (AvgIpc) is 3.14. The van der Waals surface area contributed by atoms with Gasteiger partial charge in [0.2, 0.25) is 0 Å². The molecule has 1 N–H and O–H groups in total. The van der Waals surface area contributed by atoms with Gasteiger partial charge in [0.25, 0.3) is 0 Å². The Bertz CT molecular complexity index is 1310. The van der Waals surface area contributed by atoms with E-state index in [1.807, 2.05) is 0 Å². The first-order valence-corrected chi connectivity index (χ1v) is 8.93. The number of esters is 2. The number of aromatic amines is 1. The summed E-state index contributed by atoms with van der Waals surface area (Å²) >= 11 is 0. The number of carbonyl (C=O) groups excluding carboxylic acids is 2. The number of nitrogens with zero attached hydrogens (tertiary/aromatic N) is 1. The van der Waals surface area contributed by atoms with Crippen LogP contribution in [-0.2, 0) is 9.47 Å². The number of ether oxygens (including phenoxy) is 3. The minimum atomic E-state index is -0.572. The minimum absolute atomic E-state index is 0.107. The lowest BCUT2D eigenvalue weighted by Gasteiger charge is -2.08. The van der Waals surface area contributed by atoms with Gasteiger partial charge in [0.15, 0.2) is 11.6 Å². The minimum Gasteiger partial charge on any atom is -0.494 e. The first-order valence-electron chi connectivity index (χ1n) is 8.93. The van der Waals surface area contributed by atoms with Crippen molar-refractivity contribution < 1.29 is 28.2 Å². The Morgan fingerprint density at radius 2 is 1.73 bits per heavy atom. The summed E-state index contributed by atoms with van der Waals surface area (Å²) in [6.07, 6.45) is 0. The maximum atomic E-state index is 14.2. The van der Waals surface area contributed by atoms with E-state index in [0.717, 1.165) is 0 Å². The van der Waals surface area contributed by atoms with E-state index in [2.05, 4.69) is 9.97 Å². The first-order chi connectivity index (χ1) is 14.5. The van der Waals surface area contributed by atoms with Crippen molar-refractivity contribution >= 4 is 33.9 Å². The molecule has 0 unspecified atom stereocenters. The number of carbonyl (C=O) groups is 2. The van der Waals surface area contributed by atoms with Gasteiger partial charge in [-0.25, -0.2) is 19.0 Å². The molecule has 0 aliphatic heterocycles. The van der Waals surface area contributed by atoms with E-state index in [1.54, 1.807) is 24.3 Å². The van der Waals surface area contributed by atoms with Crippen LogP contribution in [-0.4, -0.2) is 43.2 Å². The SMILES string of the molecule is COC(=O)c1ccc2c(c1)[nH]c1c(C(=O)OC)cc(-c3ccc(OC)c(F)c3)nc12. The molecule has 152 valence electrons. The predicted molar refractivity (Wildman–Crippen MR) is 108 cm³/mol. The van der Waals surface area contributed by atoms with Crippen LogP contribution >= 0.6 is 0 Å². The molecule has 0 spiro atoms. The van der Waals surface area contributed by atoms with Crippen molar-refractivity contribution in [2.24, 2.45) is 0 Å². The van der Waals surface area contributed by atoms with Gasteiger partial charge in [0.1, 0.15) is 0 Å². The van der Waals surface area contributed by atoms with Crippen molar-refractivity contribution in [2.75, 3.05) is 21.3 Å². The van der Waals surface area contributed by atoms with Crippen LogP contribution in [0.25, 0.3) is 33.2 Å². The molecular weight excluding hydrogens is 391 g/mol. The van der Waals surface area contributed by atoms with Crippen molar-refractivity contribution in [1.29, 1.82) is 0 Å². The highest BCUT2D eigenvalue weighted by atomic mass is 19.1. The Labute approximate surface area is 170 Å². The molecule has 0 bridgehead atoms. The lowest BCUT2D eigenvalue weighted by Crippen LogP contribution is -2.03. The van der Waals surface area contributed by atoms with Crippen LogP contribution in [0.4, 0.5) is 4.39 Å². The Hall–Kier alpha value is -3.94. The number of nitrogens with one attached hydrogen (secondary N) is 1. The van der Waals surface area contributed by atoms with Crippen molar-refractivity contribution in [3.63, 3.8) is 0 Å². The molecule has 8 heteroatoms. The fourth-order valence-electron chi connectivity index (χ4n) is 3.34. The van der Waals surface area contributed by atoms with Gasteiger partial charge in [-0.15, -0.1) is 0 Å². The summed E-state index contributed by atoms with van der Waals surface area (Å²) in [5, 5.41) is 0.693. The number of H-pyrrole nitrogens is 1. The molecule has 0 aliphatic carbocycles. The lowest BCUT2D eigenvalue weighted by molar-refractivity contribution is 0.0592. The molecule has 4 aromatic rings. The molecule has 0 aliphatic rings. The standard InChI is InChI=1S/C22H17FN2O5/c1-28-18-7-5-11(8-15(18)23)16-10-14(22(27)30-3)20-19(24-16)13-6-4-12(21(26)29-2)9-17(13)25-20/h4-10,25H,1-3H3. The number of hydrogen-bond donors (Lipinski definition) is 1. The molecule has 0 saturated carbocycles. The number of benzene rings is 2. The van der Waals surface area contributed by atoms with Gasteiger partial charge >= 0.3 is 11.9 Å². The average molecular weight is 408 g/mol. The van der Waals surface area contributed by atoms with Gasteiger partial charge in [-0.05, 0) is 42.5 Å². The first kappa shape index (κ1) is 19.4. The monoisotopic (exact) mass is 408 g/mol. The van der Waals surface area contributed by atoms with Crippen molar-refractivity contribution in [3.8, 4) is 17.0 Å². The normalized spacial score (nSPS) is 10.9. The smallest absolute Gasteiger partial charge is 0.340 e. The molecule has 2 heterocycles. The van der Waals surface area contributed by atoms with E-state index < -0.39 is 17.8 Å². The maximum absolute atomic E-state index is 14.2. The van der Waals surface area contributed by atoms with Gasteiger partial charge in [0, 0.05) is 16.5 Å². The van der Waals surface area contributed by atoms with Gasteiger partial charge in [-0.3, -0.25) is 0 Å². The molecule has 0 fully saturated rings. The van der Waals surface area contributed by atoms with Crippen molar-refractivity contribution in [3.05, 3.63) is 59.4 Å². The zero-order valence-corrected chi connectivity index (χ0v) is 16.4. The molecule has 0 atom stereocenters. The summed E-state index contributed by atoms with van der Waals surface area (Å²) in [6, 6.07) is 10.9. The van der Waals surface area contributed by atoms with Gasteiger partial charge in [0.05, 0.1) is 49.2 Å². The highest BCUT2D eigenvalue weighted by Gasteiger charge is 2.20. The second kappa shape index (κ2) is 7.47. The quantitative estimate of drug-likeness (QED) is 0.511. The summed E-state index contributed by atoms with van der Waals surface area (Å²) in [4.78, 5) is 32.0. The largest absolute Gasteiger partial charge is 0.494 e. The van der Waals surface area contributed by atoms with E-state index in [0.29, 0.717) is 38.8 Å². The van der Waals surface area contributed by atoms with E-state index in [9.17, 15) is 14.0 Å². The Kier molecular flexibility index (Phi) is 4.83. The molecule has 7 nitrogen and oxygen atoms in total. The molecular formula is C22H17FN2O5. The maximum Gasteiger partial charge on any atom is 0.340 e. The molecule has 4 rings (SSSR count). The van der Waals surface area contributed by atoms with E-state index in [1.165, 1.54) is 39.5 Å². The van der Waals surface area contributed by atoms with Gasteiger partial charge < -0.3 is 19.2 Å². The number of halogens is 1. The van der Waals surface area contributed by atoms with E-state index in [-0.39, 0.29) is 11.3 Å². The molecule has 30 heavy (non-hydrogen) atoms. The third kappa shape index (κ3) is 3.12. The Morgan fingerprint density at radius 3 is 2.40 bits per heavy atom. The topological polar surface area (TPSA) is 90.5 Å². The summed E-state index contributed by atoms with van der Waals surface area (Å²) < 4.78 is 28.9. The van der Waals surface area contributed by atoms with Gasteiger partial charge in [-0.2, -0.15) is 0 Å². The zero-order valence-electron chi connectivity index (χ0n) is 16.4. The van der Waals surface area contributed by atoms with E-state index in [4.69, 9.17) is 14.2 Å². The number of methoxy groups -OCH3 is 3. The lowest BCUT2D eigenvalue weighted by atomic mass is 10.1. The fourth-order valence-corrected chi connectivity index (χ4v) is 3.34. The zero-order chi connectivity index (χ0) is 21.4. The number of hydrogen-bond acceptors (Lipinski definition) is 6. The third-order valence-electron chi connectivity index (χ3n) is 4.83. The van der Waals surface area contributed by atoms with Crippen molar-refractivity contribution in [2.45, 2.75) is 0 Å². The molecule has 0 radical (unpaired) electrons. The second-order valence-corrected chi connectivity index (χ2v) is 6.50. The van der Waals surface area contributed by atoms with Gasteiger partial charge in [-0.1, -0.05) is 0 Å². The Morgan fingerprint density at radius 1 is 0.967 bits per heavy atom. The summed E-state index contributed by atoms with van der Waals surface area (Å²) in [5.41, 5.74) is 3.01. The van der Waals surface area contributed by atoms with E-state index >= 15 is 0 Å². The summed E-state index contributed by atoms with van der Waals surface area (Å²) in [6.45, 7) is 0. The molecule has 0 amide bonds. The van der Waals surface area contributed by atoms with Crippen LogP contribution in [0.2, 0.25) is 0 Å². The molecule has 0 saturated heterocycles. The fraction of sp³-hybridized carbons (Fsp3) is 0.136. The second-order valence-electron chi connectivity index (χ2n) is 6.50. The number of pyridine rings is 1. The Balaban J connectivity index is 1.99. The number of aromatic nitrogens is 2. The van der Waals surface area contributed by atoms with Crippen LogP contribution in [0.3, 0.4) is 0 Å². The molecule has 2 aromatic carbocycles. The molecule has 2 aromatic heterocycles. The number of fused-ring (bicyclic) bond motifs is 3. The van der Waals surface area contributed by atoms with Crippen LogP contribution in [0, 0.1) is 5.82 Å². The highest BCUT2D eigenvalue weighted by molar-refractivity contribution is 6.13. The third-order valence-corrected chi connectivity index (χ3v) is 4.83. The highest BCUT2D eigenvalue weighted by Crippen LogP contribution is 2.32. The van der Waals surface area contributed by atoms with Crippen LogP contribution in [0.1, 0.15) is 20.7 Å². The van der Waals surface area contributed by atoms with Crippen LogP contribution < -0.4 is 4.74 Å². The van der Waals surface area contributed by atoms with Crippen LogP contribution in [0.15, 0.2) is 42.5 Å². The number of rotatable bonds is 4. The van der Waals surface area contributed by atoms with Crippen LogP contribution in [0.5, 0.6) is 5.75 Å². The summed E-state index contributed by atoms with van der Waals surface area (Å²) in [7, 11) is 3.96. The van der Waals surface area contributed by atoms with Crippen molar-refractivity contribution in [1.82, 2.24) is 9.97 Å². The predicted octanol–water partition coefficient (Wildman–Crippen LogP) is 4.10.